The highest BCUT2D eigenvalue weighted by Gasteiger charge is 1.97. The quantitative estimate of drug-likeness (QED) is 0.769. The molecule has 2 heterocycles. The second-order valence-corrected chi connectivity index (χ2v) is 4.11. The van der Waals surface area contributed by atoms with Gasteiger partial charge in [0.1, 0.15) is 10.5 Å². The molecule has 0 saturated carbocycles. The second kappa shape index (κ2) is 3.81. The lowest BCUT2D eigenvalue weighted by Gasteiger charge is -1.96. The molecule has 0 aliphatic carbocycles. The molecule has 2 nitrogen and oxygen atoms in total. The maximum atomic E-state index is 5.00. The zero-order chi connectivity index (χ0) is 9.10. The normalized spacial score (nSPS) is 10.2. The lowest BCUT2D eigenvalue weighted by Crippen LogP contribution is -1.93. The number of aromatic amines is 1. The van der Waals surface area contributed by atoms with Crippen molar-refractivity contribution < 1.29 is 0 Å². The van der Waals surface area contributed by atoms with Crippen molar-refractivity contribution in [1.82, 2.24) is 9.97 Å². The Labute approximate surface area is 85.3 Å². The largest absolute Gasteiger partial charge is 0.334 e. The van der Waals surface area contributed by atoms with Gasteiger partial charge in [0, 0.05) is 17.5 Å². The van der Waals surface area contributed by atoms with Gasteiger partial charge >= 0.3 is 0 Å². The van der Waals surface area contributed by atoms with Crippen LogP contribution in [0.2, 0.25) is 0 Å². The Balaban J connectivity index is 2.24. The minimum absolute atomic E-state index is 0.738. The fraction of sp³-hybridized carbons (Fsp3) is 0.111. The Hall–Kier alpha value is -1.00. The number of aromatic nitrogens is 2. The number of thiophene rings is 1. The van der Waals surface area contributed by atoms with Crippen LogP contribution in [0, 0.1) is 4.64 Å². The Morgan fingerprint density at radius 1 is 1.46 bits per heavy atom. The van der Waals surface area contributed by atoms with Gasteiger partial charge in [0.2, 0.25) is 0 Å². The molecule has 0 atom stereocenters. The van der Waals surface area contributed by atoms with E-state index in [-0.39, 0.29) is 0 Å². The first kappa shape index (κ1) is 8.59. The predicted molar refractivity (Wildman–Crippen MR) is 56.5 cm³/mol. The van der Waals surface area contributed by atoms with Crippen LogP contribution in [-0.4, -0.2) is 9.97 Å². The third-order valence-corrected chi connectivity index (χ3v) is 2.76. The van der Waals surface area contributed by atoms with E-state index in [0.717, 1.165) is 16.9 Å². The van der Waals surface area contributed by atoms with Gasteiger partial charge in [-0.1, -0.05) is 18.3 Å². The van der Waals surface area contributed by atoms with Gasteiger partial charge in [-0.2, -0.15) is 0 Å². The average Bonchev–Trinajstić information content (AvgIpc) is 2.57. The van der Waals surface area contributed by atoms with Gasteiger partial charge in [-0.3, -0.25) is 0 Å². The van der Waals surface area contributed by atoms with Gasteiger partial charge in [-0.15, -0.1) is 11.3 Å². The topological polar surface area (TPSA) is 28.7 Å². The lowest BCUT2D eigenvalue weighted by atomic mass is 10.3. The van der Waals surface area contributed by atoms with Crippen molar-refractivity contribution in [3.8, 4) is 0 Å². The molecule has 0 aliphatic heterocycles. The second-order valence-electron chi connectivity index (χ2n) is 2.64. The molecule has 0 amide bonds. The van der Waals surface area contributed by atoms with Crippen molar-refractivity contribution in [1.29, 1.82) is 0 Å². The summed E-state index contributed by atoms with van der Waals surface area (Å²) in [5.41, 5.74) is 0. The van der Waals surface area contributed by atoms with Gasteiger partial charge in [0.15, 0.2) is 0 Å². The number of hydrogen-bond acceptors (Lipinski definition) is 3. The van der Waals surface area contributed by atoms with E-state index in [4.69, 9.17) is 12.2 Å². The fourth-order valence-corrected chi connectivity index (χ4v) is 1.97. The monoisotopic (exact) mass is 208 g/mol. The number of nitrogens with zero attached hydrogens (tertiary/aromatic N) is 1. The van der Waals surface area contributed by atoms with Crippen molar-refractivity contribution in [3.05, 3.63) is 45.1 Å². The van der Waals surface area contributed by atoms with E-state index in [1.807, 2.05) is 6.07 Å². The van der Waals surface area contributed by atoms with E-state index in [9.17, 15) is 0 Å². The molecule has 2 aromatic heterocycles. The Morgan fingerprint density at radius 2 is 2.38 bits per heavy atom. The van der Waals surface area contributed by atoms with Crippen LogP contribution >= 0.6 is 23.6 Å². The van der Waals surface area contributed by atoms with Crippen LogP contribution in [0.15, 0.2) is 29.8 Å². The van der Waals surface area contributed by atoms with Gasteiger partial charge in [0.05, 0.1) is 0 Å². The summed E-state index contributed by atoms with van der Waals surface area (Å²) in [5, 5.41) is 2.06. The van der Waals surface area contributed by atoms with Crippen molar-refractivity contribution in [2.75, 3.05) is 0 Å². The van der Waals surface area contributed by atoms with Crippen LogP contribution < -0.4 is 0 Å². The van der Waals surface area contributed by atoms with E-state index in [1.165, 1.54) is 4.88 Å². The Bertz CT molecular complexity index is 431. The molecule has 0 aliphatic rings. The minimum Gasteiger partial charge on any atom is -0.334 e. The van der Waals surface area contributed by atoms with Crippen molar-refractivity contribution >= 4 is 23.6 Å². The van der Waals surface area contributed by atoms with Crippen molar-refractivity contribution in [2.24, 2.45) is 0 Å². The van der Waals surface area contributed by atoms with Crippen LogP contribution in [-0.2, 0) is 6.42 Å². The number of nitrogens with one attached hydrogen (secondary N) is 1. The van der Waals surface area contributed by atoms with Crippen LogP contribution in [0.5, 0.6) is 0 Å². The molecule has 0 fully saturated rings. The van der Waals surface area contributed by atoms with E-state index in [1.54, 1.807) is 23.6 Å². The molecule has 4 heteroatoms. The van der Waals surface area contributed by atoms with E-state index in [2.05, 4.69) is 21.4 Å². The maximum Gasteiger partial charge on any atom is 0.112 e. The van der Waals surface area contributed by atoms with Gasteiger partial charge in [-0.25, -0.2) is 4.98 Å². The van der Waals surface area contributed by atoms with Crippen LogP contribution in [0.1, 0.15) is 10.7 Å². The Kier molecular flexibility index (Phi) is 2.52. The molecule has 0 radical (unpaired) electrons. The van der Waals surface area contributed by atoms with Crippen LogP contribution in [0.25, 0.3) is 0 Å². The van der Waals surface area contributed by atoms with E-state index >= 15 is 0 Å². The molecule has 0 spiro atoms. The summed E-state index contributed by atoms with van der Waals surface area (Å²) in [4.78, 5) is 8.55. The molecule has 1 N–H and O–H groups in total. The number of H-pyrrole nitrogens is 1. The number of hydrogen-bond donors (Lipinski definition) is 1. The third-order valence-electron chi connectivity index (χ3n) is 1.65. The Morgan fingerprint density at radius 3 is 3.08 bits per heavy atom. The highest BCUT2D eigenvalue weighted by Crippen LogP contribution is 2.11. The summed E-state index contributed by atoms with van der Waals surface area (Å²) in [6.07, 6.45) is 2.57. The van der Waals surface area contributed by atoms with Crippen molar-refractivity contribution in [3.63, 3.8) is 0 Å². The smallest absolute Gasteiger partial charge is 0.112 e. The van der Waals surface area contributed by atoms with E-state index < -0.39 is 0 Å². The van der Waals surface area contributed by atoms with Gasteiger partial charge in [-0.05, 0) is 17.5 Å². The first-order valence-electron chi connectivity index (χ1n) is 3.91. The first-order chi connectivity index (χ1) is 6.34. The van der Waals surface area contributed by atoms with Crippen molar-refractivity contribution in [2.45, 2.75) is 6.42 Å². The standard InChI is InChI=1S/C9H8N2S2/c12-9-3-4-10-8(11-9)6-7-2-1-5-13-7/h1-5H,6H2,(H,10,11,12). The zero-order valence-electron chi connectivity index (χ0n) is 6.86. The highest BCUT2D eigenvalue weighted by molar-refractivity contribution is 7.71. The molecule has 2 rings (SSSR count). The van der Waals surface area contributed by atoms with Crippen LogP contribution in [0.3, 0.4) is 0 Å². The third kappa shape index (κ3) is 2.23. The SMILES string of the molecule is S=c1ccnc(Cc2cccs2)[nH]1. The summed E-state index contributed by atoms with van der Waals surface area (Å²) >= 11 is 6.73. The summed E-state index contributed by atoms with van der Waals surface area (Å²) in [6.45, 7) is 0. The maximum absolute atomic E-state index is 5.00. The summed E-state index contributed by atoms with van der Waals surface area (Å²) in [6, 6.07) is 5.92. The fourth-order valence-electron chi connectivity index (χ4n) is 1.08. The zero-order valence-corrected chi connectivity index (χ0v) is 8.49. The molecule has 0 aromatic carbocycles. The van der Waals surface area contributed by atoms with Gasteiger partial charge in [0.25, 0.3) is 0 Å². The first-order valence-corrected chi connectivity index (χ1v) is 5.20. The van der Waals surface area contributed by atoms with Crippen LogP contribution in [0.4, 0.5) is 0 Å². The summed E-state index contributed by atoms with van der Waals surface area (Å²) in [5.74, 6) is 0.926. The number of rotatable bonds is 2. The van der Waals surface area contributed by atoms with Gasteiger partial charge < -0.3 is 4.98 Å². The molecular formula is C9H8N2S2. The molecule has 0 bridgehead atoms. The average molecular weight is 208 g/mol. The molecule has 13 heavy (non-hydrogen) atoms. The molecular weight excluding hydrogens is 200 g/mol. The molecule has 2 aromatic rings. The minimum atomic E-state index is 0.738. The molecule has 0 unspecified atom stereocenters. The highest BCUT2D eigenvalue weighted by atomic mass is 32.1. The molecule has 66 valence electrons. The summed E-state index contributed by atoms with van der Waals surface area (Å²) in [7, 11) is 0. The summed E-state index contributed by atoms with van der Waals surface area (Å²) < 4.78 is 0.738. The molecule has 0 saturated heterocycles. The van der Waals surface area contributed by atoms with E-state index in [0.29, 0.717) is 0 Å². The predicted octanol–water partition coefficient (Wildman–Crippen LogP) is 2.79. The lowest BCUT2D eigenvalue weighted by molar-refractivity contribution is 0.972.